The van der Waals surface area contributed by atoms with Crippen LogP contribution in [0.15, 0.2) is 24.5 Å². The predicted octanol–water partition coefficient (Wildman–Crippen LogP) is 0.820. The minimum atomic E-state index is -0.207. The van der Waals surface area contributed by atoms with Gasteiger partial charge in [-0.25, -0.2) is 4.98 Å². The fourth-order valence-corrected chi connectivity index (χ4v) is 2.71. The number of rotatable bonds is 5. The van der Waals surface area contributed by atoms with Crippen LogP contribution in [0.1, 0.15) is 34.0 Å². The van der Waals surface area contributed by atoms with Crippen molar-refractivity contribution in [3.8, 4) is 5.88 Å². The van der Waals surface area contributed by atoms with Crippen LogP contribution in [0, 0.1) is 0 Å². The molecule has 1 aliphatic rings. The molecule has 7 nitrogen and oxygen atoms in total. The van der Waals surface area contributed by atoms with Gasteiger partial charge in [0.25, 0.3) is 5.91 Å². The van der Waals surface area contributed by atoms with E-state index in [9.17, 15) is 4.79 Å². The summed E-state index contributed by atoms with van der Waals surface area (Å²) in [5.41, 5.74) is 2.55. The van der Waals surface area contributed by atoms with Gasteiger partial charge in [0.15, 0.2) is 0 Å². The summed E-state index contributed by atoms with van der Waals surface area (Å²) in [7, 11) is 1.50. The zero-order chi connectivity index (χ0) is 15.4. The molecule has 1 amide bonds. The molecule has 0 radical (unpaired) electrons. The van der Waals surface area contributed by atoms with Gasteiger partial charge in [-0.05, 0) is 25.1 Å². The molecule has 1 saturated heterocycles. The first kappa shape index (κ1) is 14.5. The number of hydrogen-bond acceptors (Lipinski definition) is 5. The van der Waals surface area contributed by atoms with E-state index in [-0.39, 0.29) is 5.91 Å². The standard InChI is InChI=1S/C15H19N5O2/c1-22-15-12(3-2-5-17-15)14(21)18-8-11-9-19-20-13(11)10-4-6-16-7-10/h2-3,5,9-10,16H,4,6-8H2,1H3,(H,18,21)(H,19,20). The molecule has 0 aliphatic carbocycles. The number of hydrogen-bond donors (Lipinski definition) is 3. The van der Waals surface area contributed by atoms with E-state index in [0.29, 0.717) is 23.9 Å². The van der Waals surface area contributed by atoms with Crippen molar-refractivity contribution < 1.29 is 9.53 Å². The van der Waals surface area contributed by atoms with Crippen molar-refractivity contribution in [3.63, 3.8) is 0 Å². The number of pyridine rings is 1. The third-order valence-electron chi connectivity index (χ3n) is 3.87. The van der Waals surface area contributed by atoms with Crippen LogP contribution in [-0.4, -0.2) is 41.3 Å². The Bertz CT molecular complexity index is 649. The molecule has 0 bridgehead atoms. The van der Waals surface area contributed by atoms with E-state index < -0.39 is 0 Å². The Morgan fingerprint density at radius 3 is 3.23 bits per heavy atom. The Kier molecular flexibility index (Phi) is 4.34. The van der Waals surface area contributed by atoms with Crippen molar-refractivity contribution in [2.75, 3.05) is 20.2 Å². The summed E-state index contributed by atoms with van der Waals surface area (Å²) >= 11 is 0. The number of nitrogens with one attached hydrogen (secondary N) is 3. The van der Waals surface area contributed by atoms with Crippen LogP contribution in [0.2, 0.25) is 0 Å². The van der Waals surface area contributed by atoms with Crippen molar-refractivity contribution in [2.24, 2.45) is 0 Å². The van der Waals surface area contributed by atoms with E-state index >= 15 is 0 Å². The molecule has 22 heavy (non-hydrogen) atoms. The Labute approximate surface area is 128 Å². The number of ether oxygens (including phenoxy) is 1. The van der Waals surface area contributed by atoms with Crippen molar-refractivity contribution in [3.05, 3.63) is 41.3 Å². The summed E-state index contributed by atoms with van der Waals surface area (Å²) in [6.45, 7) is 2.39. The fraction of sp³-hybridized carbons (Fsp3) is 0.400. The van der Waals surface area contributed by atoms with Gasteiger partial charge < -0.3 is 15.4 Å². The average molecular weight is 301 g/mol. The number of nitrogens with zero attached hydrogens (tertiary/aromatic N) is 2. The summed E-state index contributed by atoms with van der Waals surface area (Å²) in [5, 5.41) is 13.4. The van der Waals surface area contributed by atoms with Crippen LogP contribution in [0.5, 0.6) is 5.88 Å². The minimum absolute atomic E-state index is 0.207. The average Bonchev–Trinajstić information content (AvgIpc) is 3.23. The molecule has 2 aromatic heterocycles. The molecular formula is C15H19N5O2. The van der Waals surface area contributed by atoms with Crippen molar-refractivity contribution in [2.45, 2.75) is 18.9 Å². The number of carbonyl (C=O) groups excluding carboxylic acids is 1. The quantitative estimate of drug-likeness (QED) is 0.760. The van der Waals surface area contributed by atoms with E-state index in [0.717, 1.165) is 30.8 Å². The molecule has 116 valence electrons. The highest BCUT2D eigenvalue weighted by Gasteiger charge is 2.21. The summed E-state index contributed by atoms with van der Waals surface area (Å²) in [6.07, 6.45) is 4.45. The topological polar surface area (TPSA) is 91.9 Å². The summed E-state index contributed by atoms with van der Waals surface area (Å²) in [4.78, 5) is 16.3. The molecule has 2 aromatic rings. The van der Waals surface area contributed by atoms with Crippen molar-refractivity contribution in [1.82, 2.24) is 25.8 Å². The lowest BCUT2D eigenvalue weighted by Gasteiger charge is -2.11. The Balaban J connectivity index is 1.68. The van der Waals surface area contributed by atoms with Gasteiger partial charge in [0.2, 0.25) is 5.88 Å². The molecule has 1 fully saturated rings. The monoisotopic (exact) mass is 301 g/mol. The molecule has 7 heteroatoms. The maximum Gasteiger partial charge on any atom is 0.257 e. The third-order valence-corrected chi connectivity index (χ3v) is 3.87. The second-order valence-electron chi connectivity index (χ2n) is 5.24. The van der Waals surface area contributed by atoms with E-state index in [1.165, 1.54) is 7.11 Å². The number of amides is 1. The van der Waals surface area contributed by atoms with Crippen LogP contribution in [-0.2, 0) is 6.54 Å². The van der Waals surface area contributed by atoms with Gasteiger partial charge in [0.1, 0.15) is 5.56 Å². The molecule has 0 spiro atoms. The normalized spacial score (nSPS) is 17.4. The Hall–Kier alpha value is -2.41. The first-order valence-electron chi connectivity index (χ1n) is 7.29. The van der Waals surface area contributed by atoms with Crippen LogP contribution < -0.4 is 15.4 Å². The molecule has 3 rings (SSSR count). The highest BCUT2D eigenvalue weighted by atomic mass is 16.5. The fourth-order valence-electron chi connectivity index (χ4n) is 2.71. The first-order valence-corrected chi connectivity index (χ1v) is 7.29. The molecule has 1 unspecified atom stereocenters. The van der Waals surface area contributed by atoms with Crippen molar-refractivity contribution >= 4 is 5.91 Å². The first-order chi connectivity index (χ1) is 10.8. The summed E-state index contributed by atoms with van der Waals surface area (Å²) < 4.78 is 5.11. The van der Waals surface area contributed by atoms with Gasteiger partial charge in [-0.15, -0.1) is 0 Å². The van der Waals surface area contributed by atoms with Gasteiger partial charge in [0, 0.05) is 36.5 Å². The highest BCUT2D eigenvalue weighted by molar-refractivity contribution is 5.96. The van der Waals surface area contributed by atoms with Gasteiger partial charge in [-0.1, -0.05) is 0 Å². The van der Waals surface area contributed by atoms with Gasteiger partial charge in [0.05, 0.1) is 13.3 Å². The molecule has 1 aliphatic heterocycles. The van der Waals surface area contributed by atoms with Gasteiger partial charge in [-0.3, -0.25) is 9.89 Å². The van der Waals surface area contributed by atoms with Crippen molar-refractivity contribution in [1.29, 1.82) is 0 Å². The van der Waals surface area contributed by atoms with Crippen LogP contribution >= 0.6 is 0 Å². The van der Waals surface area contributed by atoms with E-state index in [4.69, 9.17) is 4.74 Å². The predicted molar refractivity (Wildman–Crippen MR) is 80.8 cm³/mol. The number of carbonyl (C=O) groups is 1. The molecule has 3 N–H and O–H groups in total. The maximum absolute atomic E-state index is 12.3. The lowest BCUT2D eigenvalue weighted by molar-refractivity contribution is 0.0947. The molecule has 3 heterocycles. The Morgan fingerprint density at radius 2 is 2.45 bits per heavy atom. The smallest absolute Gasteiger partial charge is 0.257 e. The lowest BCUT2D eigenvalue weighted by atomic mass is 10.0. The number of aromatic nitrogens is 3. The van der Waals surface area contributed by atoms with E-state index in [2.05, 4.69) is 25.8 Å². The number of aromatic amines is 1. The molecule has 1 atom stereocenters. The SMILES string of the molecule is COc1ncccc1C(=O)NCc1cn[nH]c1C1CCNC1. The van der Waals surface area contributed by atoms with Crippen LogP contribution in [0.25, 0.3) is 0 Å². The Morgan fingerprint density at radius 1 is 1.55 bits per heavy atom. The number of methoxy groups -OCH3 is 1. The van der Waals surface area contributed by atoms with Gasteiger partial charge >= 0.3 is 0 Å². The summed E-state index contributed by atoms with van der Waals surface area (Å²) in [6, 6.07) is 3.41. The maximum atomic E-state index is 12.3. The molecule has 0 saturated carbocycles. The second-order valence-corrected chi connectivity index (χ2v) is 5.24. The van der Waals surface area contributed by atoms with Crippen LogP contribution in [0.3, 0.4) is 0 Å². The molecule has 0 aromatic carbocycles. The van der Waals surface area contributed by atoms with E-state index in [1.807, 2.05) is 0 Å². The second kappa shape index (κ2) is 6.57. The van der Waals surface area contributed by atoms with E-state index in [1.54, 1.807) is 24.5 Å². The summed E-state index contributed by atoms with van der Waals surface area (Å²) in [5.74, 6) is 0.552. The number of H-pyrrole nitrogens is 1. The zero-order valence-electron chi connectivity index (χ0n) is 12.4. The minimum Gasteiger partial charge on any atom is -0.480 e. The van der Waals surface area contributed by atoms with Crippen LogP contribution in [0.4, 0.5) is 0 Å². The largest absolute Gasteiger partial charge is 0.480 e. The zero-order valence-corrected chi connectivity index (χ0v) is 12.4. The highest BCUT2D eigenvalue weighted by Crippen LogP contribution is 2.23. The van der Waals surface area contributed by atoms with Gasteiger partial charge in [-0.2, -0.15) is 5.10 Å². The molecular weight excluding hydrogens is 282 g/mol. The third kappa shape index (κ3) is 2.94. The lowest BCUT2D eigenvalue weighted by Crippen LogP contribution is -2.24.